The second kappa shape index (κ2) is 5.19. The molecule has 1 unspecified atom stereocenters. The summed E-state index contributed by atoms with van der Waals surface area (Å²) in [5.41, 5.74) is 1.03. The van der Waals surface area contributed by atoms with Crippen LogP contribution in [0.1, 0.15) is 16.9 Å². The smallest absolute Gasteiger partial charge is 0.267 e. The van der Waals surface area contributed by atoms with Crippen LogP contribution in [0.4, 0.5) is 0 Å². The van der Waals surface area contributed by atoms with Crippen molar-refractivity contribution in [3.63, 3.8) is 0 Å². The molecule has 8 heteroatoms. The summed E-state index contributed by atoms with van der Waals surface area (Å²) in [7, 11) is -3.02. The van der Waals surface area contributed by atoms with Gasteiger partial charge in [-0.1, -0.05) is 23.2 Å². The molecule has 1 saturated heterocycles. The van der Waals surface area contributed by atoms with Crippen LogP contribution in [0.3, 0.4) is 0 Å². The first-order chi connectivity index (χ1) is 9.85. The summed E-state index contributed by atoms with van der Waals surface area (Å²) in [5, 5.41) is 4.18. The molecular formula is C13H12Cl2N2O3S. The van der Waals surface area contributed by atoms with Gasteiger partial charge in [-0.05, 0) is 24.6 Å². The molecular weight excluding hydrogens is 335 g/mol. The molecule has 2 aromatic rings. The number of amides is 1. The van der Waals surface area contributed by atoms with Gasteiger partial charge in [0.25, 0.3) is 5.91 Å². The van der Waals surface area contributed by atoms with Gasteiger partial charge in [-0.3, -0.25) is 4.79 Å². The number of fused-ring (bicyclic) bond motifs is 1. The van der Waals surface area contributed by atoms with Crippen molar-refractivity contribution in [3.8, 4) is 0 Å². The Bertz CT molecular complexity index is 829. The molecule has 21 heavy (non-hydrogen) atoms. The van der Waals surface area contributed by atoms with E-state index in [1.165, 1.54) is 0 Å². The Morgan fingerprint density at radius 3 is 2.76 bits per heavy atom. The molecule has 1 atom stereocenters. The predicted octanol–water partition coefficient (Wildman–Crippen LogP) is 2.39. The number of hydrogen-bond donors (Lipinski definition) is 2. The minimum atomic E-state index is -3.02. The van der Waals surface area contributed by atoms with Gasteiger partial charge in [-0.15, -0.1) is 0 Å². The maximum Gasteiger partial charge on any atom is 0.267 e. The first-order valence-corrected chi connectivity index (χ1v) is 8.91. The lowest BCUT2D eigenvalue weighted by Crippen LogP contribution is -2.35. The molecule has 1 aromatic carbocycles. The molecule has 2 N–H and O–H groups in total. The highest BCUT2D eigenvalue weighted by molar-refractivity contribution is 7.91. The molecule has 112 valence electrons. The number of H-pyrrole nitrogens is 1. The van der Waals surface area contributed by atoms with Crippen molar-refractivity contribution in [3.05, 3.63) is 33.9 Å². The number of rotatable bonds is 2. The fraction of sp³-hybridized carbons (Fsp3) is 0.308. The van der Waals surface area contributed by atoms with Gasteiger partial charge >= 0.3 is 0 Å². The number of nitrogens with one attached hydrogen (secondary N) is 2. The quantitative estimate of drug-likeness (QED) is 0.876. The number of aromatic nitrogens is 1. The van der Waals surface area contributed by atoms with E-state index in [0.29, 0.717) is 33.1 Å². The highest BCUT2D eigenvalue weighted by Gasteiger charge is 2.29. The number of carbonyl (C=O) groups is 1. The normalized spacial score (nSPS) is 20.8. The highest BCUT2D eigenvalue weighted by atomic mass is 35.5. The van der Waals surface area contributed by atoms with Crippen molar-refractivity contribution in [1.82, 2.24) is 10.3 Å². The van der Waals surface area contributed by atoms with Crippen LogP contribution in [0.5, 0.6) is 0 Å². The molecule has 1 amide bonds. The van der Waals surface area contributed by atoms with Crippen LogP contribution in [0, 0.1) is 0 Å². The van der Waals surface area contributed by atoms with Crippen LogP contribution >= 0.6 is 23.2 Å². The largest absolute Gasteiger partial charge is 0.350 e. The summed E-state index contributed by atoms with van der Waals surface area (Å²) in [5.74, 6) is -0.238. The molecule has 1 aliphatic rings. The third-order valence-electron chi connectivity index (χ3n) is 3.50. The second-order valence-electron chi connectivity index (χ2n) is 5.08. The van der Waals surface area contributed by atoms with Crippen molar-refractivity contribution in [2.75, 3.05) is 11.5 Å². The Morgan fingerprint density at radius 1 is 1.33 bits per heavy atom. The zero-order chi connectivity index (χ0) is 15.2. The number of hydrogen-bond acceptors (Lipinski definition) is 3. The number of carbonyl (C=O) groups excluding carboxylic acids is 1. The summed E-state index contributed by atoms with van der Waals surface area (Å²) in [6.45, 7) is 0. The summed E-state index contributed by atoms with van der Waals surface area (Å²) in [4.78, 5) is 15.1. The lowest BCUT2D eigenvalue weighted by atomic mass is 10.2. The Balaban J connectivity index is 1.84. The summed E-state index contributed by atoms with van der Waals surface area (Å²) < 4.78 is 22.8. The van der Waals surface area contributed by atoms with Gasteiger partial charge in [-0.25, -0.2) is 8.42 Å². The van der Waals surface area contributed by atoms with Crippen molar-refractivity contribution in [2.24, 2.45) is 0 Å². The minimum Gasteiger partial charge on any atom is -0.350 e. The second-order valence-corrected chi connectivity index (χ2v) is 8.09. The lowest BCUT2D eigenvalue weighted by molar-refractivity contribution is 0.0937. The van der Waals surface area contributed by atoms with Crippen LogP contribution in [0.2, 0.25) is 10.0 Å². The van der Waals surface area contributed by atoms with Gasteiger partial charge in [0.1, 0.15) is 5.69 Å². The molecule has 2 heterocycles. The monoisotopic (exact) mass is 346 g/mol. The molecule has 1 aliphatic heterocycles. The van der Waals surface area contributed by atoms with Crippen LogP contribution in [-0.4, -0.2) is 36.9 Å². The molecule has 3 rings (SSSR count). The topological polar surface area (TPSA) is 79.0 Å². The molecule has 0 bridgehead atoms. The van der Waals surface area contributed by atoms with E-state index in [1.807, 2.05) is 0 Å². The average molecular weight is 347 g/mol. The summed E-state index contributed by atoms with van der Waals surface area (Å²) >= 11 is 12.0. The van der Waals surface area contributed by atoms with Gasteiger partial charge in [0.15, 0.2) is 9.84 Å². The van der Waals surface area contributed by atoms with Gasteiger partial charge in [0.05, 0.1) is 21.6 Å². The number of benzene rings is 1. The van der Waals surface area contributed by atoms with Gasteiger partial charge < -0.3 is 10.3 Å². The van der Waals surface area contributed by atoms with Crippen LogP contribution in [0.25, 0.3) is 10.9 Å². The van der Waals surface area contributed by atoms with E-state index in [0.717, 1.165) is 0 Å². The molecule has 0 radical (unpaired) electrons. The maximum absolute atomic E-state index is 12.2. The molecule has 0 spiro atoms. The molecule has 1 aromatic heterocycles. The van der Waals surface area contributed by atoms with Gasteiger partial charge in [-0.2, -0.15) is 0 Å². The first-order valence-electron chi connectivity index (χ1n) is 6.34. The van der Waals surface area contributed by atoms with Crippen molar-refractivity contribution in [1.29, 1.82) is 0 Å². The fourth-order valence-electron chi connectivity index (χ4n) is 2.44. The van der Waals surface area contributed by atoms with E-state index in [9.17, 15) is 13.2 Å². The molecule has 1 fully saturated rings. The zero-order valence-electron chi connectivity index (χ0n) is 10.8. The molecule has 5 nitrogen and oxygen atoms in total. The maximum atomic E-state index is 12.2. The Hall–Kier alpha value is -1.24. The third-order valence-corrected chi connectivity index (χ3v) is 6.09. The minimum absolute atomic E-state index is 0.00838. The zero-order valence-corrected chi connectivity index (χ0v) is 13.1. The number of sulfone groups is 1. The average Bonchev–Trinajstić information content (AvgIpc) is 2.98. The van der Waals surface area contributed by atoms with Crippen LogP contribution in [0.15, 0.2) is 18.2 Å². The van der Waals surface area contributed by atoms with Crippen molar-refractivity contribution in [2.45, 2.75) is 12.5 Å². The Kier molecular flexibility index (Phi) is 3.63. The molecule has 0 aliphatic carbocycles. The SMILES string of the molecule is O=C(NC1CCS(=O)(=O)C1)c1cc2c(Cl)c(Cl)ccc2[nH]1. The van der Waals surface area contributed by atoms with Crippen LogP contribution in [-0.2, 0) is 9.84 Å². The Morgan fingerprint density at radius 2 is 2.10 bits per heavy atom. The lowest BCUT2D eigenvalue weighted by Gasteiger charge is -2.09. The predicted molar refractivity (Wildman–Crippen MR) is 82.8 cm³/mol. The molecule has 0 saturated carbocycles. The first kappa shape index (κ1) is 14.7. The summed E-state index contributed by atoms with van der Waals surface area (Å²) in [6.07, 6.45) is 0.445. The van der Waals surface area contributed by atoms with Crippen molar-refractivity contribution < 1.29 is 13.2 Å². The van der Waals surface area contributed by atoms with Crippen molar-refractivity contribution >= 4 is 49.8 Å². The highest BCUT2D eigenvalue weighted by Crippen LogP contribution is 2.31. The van der Waals surface area contributed by atoms with E-state index < -0.39 is 9.84 Å². The van der Waals surface area contributed by atoms with Gasteiger partial charge in [0.2, 0.25) is 0 Å². The van der Waals surface area contributed by atoms with E-state index in [-0.39, 0.29) is 23.5 Å². The van der Waals surface area contributed by atoms with E-state index in [1.54, 1.807) is 18.2 Å². The summed E-state index contributed by atoms with van der Waals surface area (Å²) in [6, 6.07) is 4.66. The third kappa shape index (κ3) is 2.88. The number of halogens is 2. The van der Waals surface area contributed by atoms with E-state index in [2.05, 4.69) is 10.3 Å². The fourth-order valence-corrected chi connectivity index (χ4v) is 4.49. The standard InChI is InChI=1S/C13H12Cl2N2O3S/c14-9-1-2-10-8(12(9)15)5-11(17-10)13(18)16-7-3-4-21(19,20)6-7/h1-2,5,7,17H,3-4,6H2,(H,16,18). The van der Waals surface area contributed by atoms with E-state index in [4.69, 9.17) is 23.2 Å². The number of aromatic amines is 1. The van der Waals surface area contributed by atoms with Gasteiger partial charge in [0, 0.05) is 16.9 Å². The van der Waals surface area contributed by atoms with E-state index >= 15 is 0 Å². The van der Waals surface area contributed by atoms with Crippen LogP contribution < -0.4 is 5.32 Å². The Labute approximate surface area is 131 Å².